The average molecular weight is 356 g/mol. The lowest BCUT2D eigenvalue weighted by atomic mass is 10.1. The van der Waals surface area contributed by atoms with E-state index in [0.29, 0.717) is 17.1 Å². The fraction of sp³-hybridized carbons (Fsp3) is 0.400. The Kier molecular flexibility index (Phi) is 4.44. The molecule has 9 heteroatoms. The van der Waals surface area contributed by atoms with Crippen molar-refractivity contribution in [2.24, 2.45) is 4.99 Å². The van der Waals surface area contributed by atoms with Crippen LogP contribution >= 0.6 is 11.3 Å². The first-order chi connectivity index (χ1) is 11.3. The van der Waals surface area contributed by atoms with E-state index < -0.39 is 11.2 Å². The molecule has 0 saturated carbocycles. The Balaban J connectivity index is 1.79. The van der Waals surface area contributed by atoms with Gasteiger partial charge in [-0.05, 0) is 43.5 Å². The summed E-state index contributed by atoms with van der Waals surface area (Å²) in [6.07, 6.45) is -2.55. The maximum atomic E-state index is 12.6. The molecule has 24 heavy (non-hydrogen) atoms. The molecule has 1 aromatic carbocycles. The summed E-state index contributed by atoms with van der Waals surface area (Å²) in [5, 5.41) is 8.69. The van der Waals surface area contributed by atoms with Crippen molar-refractivity contribution in [1.82, 2.24) is 10.2 Å². The van der Waals surface area contributed by atoms with Crippen LogP contribution in [-0.2, 0) is 6.18 Å². The van der Waals surface area contributed by atoms with Gasteiger partial charge in [-0.1, -0.05) is 16.4 Å². The number of nitrogens with zero attached hydrogens (tertiary/aromatic N) is 3. The molecule has 128 valence electrons. The maximum absolute atomic E-state index is 12.6. The van der Waals surface area contributed by atoms with Crippen molar-refractivity contribution in [3.05, 3.63) is 28.3 Å². The van der Waals surface area contributed by atoms with Crippen LogP contribution in [0.15, 0.2) is 17.1 Å². The van der Waals surface area contributed by atoms with Crippen LogP contribution in [0.1, 0.15) is 29.0 Å². The van der Waals surface area contributed by atoms with Gasteiger partial charge in [-0.15, -0.1) is 5.10 Å². The number of anilines is 1. The number of aliphatic imine (C=N–C) groups is 1. The summed E-state index contributed by atoms with van der Waals surface area (Å²) >= 11 is 0.375. The summed E-state index contributed by atoms with van der Waals surface area (Å²) in [7, 11) is 0. The number of aromatic nitrogens is 2. The lowest BCUT2D eigenvalue weighted by Gasteiger charge is -2.13. The molecule has 3 rings (SSSR count). The van der Waals surface area contributed by atoms with Gasteiger partial charge >= 0.3 is 6.18 Å². The highest BCUT2D eigenvalue weighted by atomic mass is 32.1. The van der Waals surface area contributed by atoms with Crippen LogP contribution in [0.5, 0.6) is 10.9 Å². The summed E-state index contributed by atoms with van der Waals surface area (Å²) in [4.78, 5) is 4.37. The second-order valence-electron chi connectivity index (χ2n) is 5.46. The molecule has 1 N–H and O–H groups in total. The minimum absolute atomic E-state index is 0.134. The van der Waals surface area contributed by atoms with Crippen LogP contribution < -0.4 is 10.1 Å². The van der Waals surface area contributed by atoms with Crippen LogP contribution in [0.25, 0.3) is 0 Å². The lowest BCUT2D eigenvalue weighted by Crippen LogP contribution is -2.09. The number of hydrogen-bond acceptors (Lipinski definition) is 6. The van der Waals surface area contributed by atoms with Gasteiger partial charge in [0.05, 0.1) is 0 Å². The maximum Gasteiger partial charge on any atom is 0.445 e. The SMILES string of the molecule is Cc1cc(Oc2nnc(C(F)(F)F)s2)c(C)cc1NC1=NCCC1. The molecule has 2 heterocycles. The van der Waals surface area contributed by atoms with Gasteiger partial charge in [-0.2, -0.15) is 13.2 Å². The van der Waals surface area contributed by atoms with E-state index in [9.17, 15) is 13.2 Å². The van der Waals surface area contributed by atoms with Gasteiger partial charge in [-0.3, -0.25) is 4.99 Å². The summed E-state index contributed by atoms with van der Waals surface area (Å²) in [6.45, 7) is 4.55. The van der Waals surface area contributed by atoms with Crippen LogP contribution in [0, 0.1) is 13.8 Å². The molecule has 1 aliphatic heterocycles. The third kappa shape index (κ3) is 3.66. The number of halogens is 3. The number of benzene rings is 1. The fourth-order valence-electron chi connectivity index (χ4n) is 2.29. The highest BCUT2D eigenvalue weighted by Gasteiger charge is 2.36. The number of alkyl halides is 3. The van der Waals surface area contributed by atoms with Gasteiger partial charge in [0.15, 0.2) is 0 Å². The second kappa shape index (κ2) is 6.39. The summed E-state index contributed by atoms with van der Waals surface area (Å²) in [5.74, 6) is 1.40. The molecule has 1 aromatic heterocycles. The first-order valence-electron chi connectivity index (χ1n) is 7.33. The quantitative estimate of drug-likeness (QED) is 0.875. The average Bonchev–Trinajstić information content (AvgIpc) is 3.15. The molecule has 0 radical (unpaired) electrons. The van der Waals surface area contributed by atoms with Gasteiger partial charge in [0.2, 0.25) is 5.01 Å². The molecule has 2 aromatic rings. The number of aryl methyl sites for hydroxylation is 2. The molecule has 0 spiro atoms. The van der Waals surface area contributed by atoms with Gasteiger partial charge in [0.1, 0.15) is 11.6 Å². The Morgan fingerprint density at radius 2 is 1.96 bits per heavy atom. The zero-order valence-electron chi connectivity index (χ0n) is 13.1. The van der Waals surface area contributed by atoms with E-state index in [1.165, 1.54) is 0 Å². The molecule has 1 aliphatic rings. The van der Waals surface area contributed by atoms with Crippen LogP contribution in [0.3, 0.4) is 0 Å². The Hall–Kier alpha value is -2.16. The molecule has 0 amide bonds. The predicted octanol–water partition coefficient (Wildman–Crippen LogP) is 4.57. The summed E-state index contributed by atoms with van der Waals surface area (Å²) < 4.78 is 43.2. The zero-order valence-corrected chi connectivity index (χ0v) is 13.9. The standard InChI is InChI=1S/C15H15F3N4OS/c1-8-7-11(23-14-22-21-13(24-14)15(16,17)18)9(2)6-10(8)20-12-4-3-5-19-12/h6-7H,3-5H2,1-2H3,(H,19,20). The fourth-order valence-corrected chi connectivity index (χ4v) is 2.87. The third-order valence-corrected chi connectivity index (χ3v) is 4.37. The van der Waals surface area contributed by atoms with Crippen LogP contribution in [0.2, 0.25) is 0 Å². The van der Waals surface area contributed by atoms with Crippen molar-refractivity contribution in [3.8, 4) is 10.9 Å². The highest BCUT2D eigenvalue weighted by molar-refractivity contribution is 7.13. The molecule has 0 aliphatic carbocycles. The number of rotatable bonds is 3. The Labute approximate surface area is 140 Å². The van der Waals surface area contributed by atoms with E-state index in [1.807, 2.05) is 19.9 Å². The van der Waals surface area contributed by atoms with E-state index in [2.05, 4.69) is 20.5 Å². The first-order valence-corrected chi connectivity index (χ1v) is 8.15. The Morgan fingerprint density at radius 1 is 1.17 bits per heavy atom. The highest BCUT2D eigenvalue weighted by Crippen LogP contribution is 2.37. The molecule has 0 unspecified atom stereocenters. The number of ether oxygens (including phenoxy) is 1. The Morgan fingerprint density at radius 3 is 2.58 bits per heavy atom. The van der Waals surface area contributed by atoms with E-state index in [-0.39, 0.29) is 5.19 Å². The minimum atomic E-state index is -4.51. The summed E-state index contributed by atoms with van der Waals surface area (Å²) in [6, 6.07) is 3.65. The van der Waals surface area contributed by atoms with Crippen molar-refractivity contribution < 1.29 is 17.9 Å². The lowest BCUT2D eigenvalue weighted by molar-refractivity contribution is -0.138. The normalized spacial score (nSPS) is 14.6. The van der Waals surface area contributed by atoms with Crippen molar-refractivity contribution >= 4 is 22.9 Å². The molecule has 0 fully saturated rings. The largest absolute Gasteiger partial charge is 0.445 e. The third-order valence-electron chi connectivity index (χ3n) is 3.52. The zero-order chi connectivity index (χ0) is 17.3. The van der Waals surface area contributed by atoms with Gasteiger partial charge < -0.3 is 10.1 Å². The van der Waals surface area contributed by atoms with Crippen LogP contribution in [-0.4, -0.2) is 22.6 Å². The molecular formula is C15H15F3N4OS. The molecular weight excluding hydrogens is 341 g/mol. The van der Waals surface area contributed by atoms with Crippen molar-refractivity contribution in [1.29, 1.82) is 0 Å². The van der Waals surface area contributed by atoms with Crippen LogP contribution in [0.4, 0.5) is 18.9 Å². The van der Waals surface area contributed by atoms with Gasteiger partial charge in [-0.25, -0.2) is 0 Å². The number of hydrogen-bond donors (Lipinski definition) is 1. The molecule has 0 bridgehead atoms. The number of amidine groups is 1. The smallest absolute Gasteiger partial charge is 0.430 e. The second-order valence-corrected chi connectivity index (χ2v) is 6.40. The Bertz CT molecular complexity index is 786. The van der Waals surface area contributed by atoms with Crippen molar-refractivity contribution in [2.75, 3.05) is 11.9 Å². The van der Waals surface area contributed by atoms with Gasteiger partial charge in [0, 0.05) is 18.7 Å². The van der Waals surface area contributed by atoms with Crippen molar-refractivity contribution in [3.63, 3.8) is 0 Å². The van der Waals surface area contributed by atoms with E-state index in [0.717, 1.165) is 42.0 Å². The monoisotopic (exact) mass is 356 g/mol. The van der Waals surface area contributed by atoms with Crippen molar-refractivity contribution in [2.45, 2.75) is 32.9 Å². The summed E-state index contributed by atoms with van der Waals surface area (Å²) in [5.41, 5.74) is 2.60. The van der Waals surface area contributed by atoms with Gasteiger partial charge in [0.25, 0.3) is 5.19 Å². The van der Waals surface area contributed by atoms with E-state index in [4.69, 9.17) is 4.74 Å². The predicted molar refractivity (Wildman–Crippen MR) is 86.1 cm³/mol. The van der Waals surface area contributed by atoms with E-state index >= 15 is 0 Å². The first kappa shape index (κ1) is 16.7. The topological polar surface area (TPSA) is 59.4 Å². The number of nitrogens with one attached hydrogen (secondary N) is 1. The minimum Gasteiger partial charge on any atom is -0.430 e. The van der Waals surface area contributed by atoms with E-state index in [1.54, 1.807) is 6.07 Å². The molecule has 5 nitrogen and oxygen atoms in total. The molecule has 0 saturated heterocycles. The molecule has 0 atom stereocenters.